The van der Waals surface area contributed by atoms with E-state index < -0.39 is 0 Å². The Morgan fingerprint density at radius 1 is 1.26 bits per heavy atom. The maximum absolute atomic E-state index is 6.22. The highest BCUT2D eigenvalue weighted by Crippen LogP contribution is 2.45. The monoisotopic (exact) mass is 323 g/mol. The summed E-state index contributed by atoms with van der Waals surface area (Å²) >= 11 is 3.58. The summed E-state index contributed by atoms with van der Waals surface area (Å²) in [4.78, 5) is 0. The van der Waals surface area contributed by atoms with Gasteiger partial charge in [0.1, 0.15) is 6.10 Å². The zero-order valence-electron chi connectivity index (χ0n) is 11.9. The predicted octanol–water partition coefficient (Wildman–Crippen LogP) is 4.84. The Morgan fingerprint density at radius 3 is 2.79 bits per heavy atom. The quantitative estimate of drug-likeness (QED) is 0.737. The molecule has 3 unspecified atom stereocenters. The lowest BCUT2D eigenvalue weighted by Gasteiger charge is -2.44. The van der Waals surface area contributed by atoms with Gasteiger partial charge in [-0.1, -0.05) is 26.8 Å². The molecule has 1 heterocycles. The number of fused-ring (bicyclic) bond motifs is 2. The van der Waals surface area contributed by atoms with Gasteiger partial charge in [0.05, 0.1) is 16.2 Å². The average Bonchev–Trinajstić information content (AvgIpc) is 2.35. The predicted molar refractivity (Wildman–Crippen MR) is 82.8 cm³/mol. The molecule has 2 nitrogen and oxygen atoms in total. The second-order valence-corrected chi connectivity index (χ2v) is 7.75. The Labute approximate surface area is 124 Å². The molecule has 1 N–H and O–H groups in total. The Kier molecular flexibility index (Phi) is 3.28. The highest BCUT2D eigenvalue weighted by atomic mass is 79.9. The van der Waals surface area contributed by atoms with Crippen molar-refractivity contribution in [3.63, 3.8) is 0 Å². The summed E-state index contributed by atoms with van der Waals surface area (Å²) in [6, 6.07) is 6.67. The van der Waals surface area contributed by atoms with Gasteiger partial charge in [-0.15, -0.1) is 0 Å². The fraction of sp³-hybridized carbons (Fsp3) is 0.625. The summed E-state index contributed by atoms with van der Waals surface area (Å²) in [5, 5.41) is 3.69. The van der Waals surface area contributed by atoms with E-state index in [2.05, 4.69) is 54.2 Å². The van der Waals surface area contributed by atoms with Gasteiger partial charge in [0.25, 0.3) is 0 Å². The highest BCUT2D eigenvalue weighted by Gasteiger charge is 2.39. The smallest absolute Gasteiger partial charge is 0.157 e. The molecule has 1 saturated carbocycles. The van der Waals surface area contributed by atoms with Crippen LogP contribution in [0.25, 0.3) is 0 Å². The summed E-state index contributed by atoms with van der Waals surface area (Å²) in [5.74, 6) is 1.76. The molecule has 19 heavy (non-hydrogen) atoms. The van der Waals surface area contributed by atoms with Gasteiger partial charge in [-0.05, 0) is 58.7 Å². The summed E-state index contributed by atoms with van der Waals surface area (Å²) < 4.78 is 7.27. The minimum atomic E-state index is 0.324. The summed E-state index contributed by atoms with van der Waals surface area (Å²) in [5.41, 5.74) is 1.52. The molecule has 104 valence electrons. The van der Waals surface area contributed by atoms with Crippen LogP contribution < -0.4 is 10.1 Å². The third-order valence-electron chi connectivity index (χ3n) is 4.59. The van der Waals surface area contributed by atoms with Crippen molar-refractivity contribution in [2.45, 2.75) is 52.2 Å². The standard InChI is InChI=1S/C16H22BrNO/c1-16(2,3)10-7-8-14-13(9-10)18-12-6-4-5-11(17)15(12)19-14/h4-6,10,13-14,18H,7-9H2,1-3H3. The Balaban J connectivity index is 1.82. The van der Waals surface area contributed by atoms with Crippen molar-refractivity contribution < 1.29 is 4.74 Å². The molecular weight excluding hydrogens is 302 g/mol. The Morgan fingerprint density at radius 2 is 2.05 bits per heavy atom. The number of para-hydroxylation sites is 1. The maximum Gasteiger partial charge on any atom is 0.157 e. The number of benzene rings is 1. The van der Waals surface area contributed by atoms with E-state index in [1.54, 1.807) is 0 Å². The zero-order valence-corrected chi connectivity index (χ0v) is 13.5. The number of nitrogens with one attached hydrogen (secondary N) is 1. The van der Waals surface area contributed by atoms with Crippen LogP contribution in [0.1, 0.15) is 40.0 Å². The average molecular weight is 324 g/mol. The summed E-state index contributed by atoms with van der Waals surface area (Å²) in [7, 11) is 0. The van der Waals surface area contributed by atoms with Crippen LogP contribution in [0, 0.1) is 11.3 Å². The largest absolute Gasteiger partial charge is 0.485 e. The van der Waals surface area contributed by atoms with E-state index in [9.17, 15) is 0 Å². The molecule has 0 saturated heterocycles. The first-order valence-corrected chi connectivity index (χ1v) is 7.96. The number of rotatable bonds is 0. The van der Waals surface area contributed by atoms with Crippen LogP contribution in [-0.4, -0.2) is 12.1 Å². The molecule has 0 amide bonds. The van der Waals surface area contributed by atoms with Crippen molar-refractivity contribution in [1.29, 1.82) is 0 Å². The van der Waals surface area contributed by atoms with Gasteiger partial charge < -0.3 is 10.1 Å². The molecule has 1 aliphatic carbocycles. The van der Waals surface area contributed by atoms with Crippen LogP contribution in [0.15, 0.2) is 22.7 Å². The topological polar surface area (TPSA) is 21.3 Å². The third kappa shape index (κ3) is 2.49. The second-order valence-electron chi connectivity index (χ2n) is 6.90. The van der Waals surface area contributed by atoms with Gasteiger partial charge in [0.2, 0.25) is 0 Å². The molecule has 1 aromatic carbocycles. The Bertz CT molecular complexity index is 480. The first-order chi connectivity index (χ1) is 8.95. The van der Waals surface area contributed by atoms with E-state index in [1.165, 1.54) is 12.8 Å². The lowest BCUT2D eigenvalue weighted by atomic mass is 9.70. The molecule has 3 heteroatoms. The van der Waals surface area contributed by atoms with Crippen molar-refractivity contribution in [1.82, 2.24) is 0 Å². The normalized spacial score (nSPS) is 29.8. The van der Waals surface area contributed by atoms with Crippen molar-refractivity contribution in [2.75, 3.05) is 5.32 Å². The van der Waals surface area contributed by atoms with Crippen molar-refractivity contribution in [2.24, 2.45) is 11.3 Å². The first kappa shape index (κ1) is 13.3. The molecule has 2 aliphatic rings. The van der Waals surface area contributed by atoms with E-state index in [-0.39, 0.29) is 0 Å². The highest BCUT2D eigenvalue weighted by molar-refractivity contribution is 9.10. The minimum absolute atomic E-state index is 0.324. The first-order valence-electron chi connectivity index (χ1n) is 7.17. The van der Waals surface area contributed by atoms with Gasteiger partial charge >= 0.3 is 0 Å². The molecule has 0 spiro atoms. The van der Waals surface area contributed by atoms with Crippen LogP contribution in [0.4, 0.5) is 5.69 Å². The number of halogens is 1. The van der Waals surface area contributed by atoms with E-state index in [0.717, 1.165) is 28.2 Å². The molecule has 3 rings (SSSR count). The zero-order chi connectivity index (χ0) is 13.6. The SMILES string of the molecule is CC(C)(C)C1CCC2Oc3c(Br)cccc3NC2C1. The number of anilines is 1. The van der Waals surface area contributed by atoms with Gasteiger partial charge in [-0.2, -0.15) is 0 Å². The fourth-order valence-corrected chi connectivity index (χ4v) is 3.78. The lowest BCUT2D eigenvalue weighted by molar-refractivity contribution is 0.0694. The van der Waals surface area contributed by atoms with Crippen molar-refractivity contribution >= 4 is 21.6 Å². The molecule has 1 fully saturated rings. The van der Waals surface area contributed by atoms with Crippen LogP contribution in [0.5, 0.6) is 5.75 Å². The third-order valence-corrected chi connectivity index (χ3v) is 5.21. The van der Waals surface area contributed by atoms with Gasteiger partial charge in [-0.3, -0.25) is 0 Å². The molecule has 3 atom stereocenters. The van der Waals surface area contributed by atoms with E-state index >= 15 is 0 Å². The van der Waals surface area contributed by atoms with Crippen LogP contribution in [0.2, 0.25) is 0 Å². The second kappa shape index (κ2) is 4.69. The number of ether oxygens (including phenoxy) is 1. The maximum atomic E-state index is 6.22. The molecule has 1 aliphatic heterocycles. The van der Waals surface area contributed by atoms with Gasteiger partial charge in [-0.25, -0.2) is 0 Å². The lowest BCUT2D eigenvalue weighted by Crippen LogP contribution is -2.47. The van der Waals surface area contributed by atoms with E-state index in [0.29, 0.717) is 17.6 Å². The van der Waals surface area contributed by atoms with Crippen molar-refractivity contribution in [3.05, 3.63) is 22.7 Å². The molecule has 0 aromatic heterocycles. The molecule has 0 bridgehead atoms. The Hall–Kier alpha value is -0.700. The molecule has 0 radical (unpaired) electrons. The molecule has 1 aromatic rings. The van der Waals surface area contributed by atoms with Gasteiger partial charge in [0, 0.05) is 0 Å². The van der Waals surface area contributed by atoms with E-state index in [4.69, 9.17) is 4.74 Å². The van der Waals surface area contributed by atoms with Crippen molar-refractivity contribution in [3.8, 4) is 5.75 Å². The number of hydrogen-bond acceptors (Lipinski definition) is 2. The minimum Gasteiger partial charge on any atom is -0.485 e. The molecular formula is C16H22BrNO. The van der Waals surface area contributed by atoms with Crippen LogP contribution in [-0.2, 0) is 0 Å². The number of hydrogen-bond donors (Lipinski definition) is 1. The summed E-state index contributed by atoms with van der Waals surface area (Å²) in [6.07, 6.45) is 3.96. The summed E-state index contributed by atoms with van der Waals surface area (Å²) in [6.45, 7) is 7.06. The van der Waals surface area contributed by atoms with Gasteiger partial charge in [0.15, 0.2) is 5.75 Å². The van der Waals surface area contributed by atoms with Crippen LogP contribution in [0.3, 0.4) is 0 Å². The van der Waals surface area contributed by atoms with E-state index in [1.807, 2.05) is 6.07 Å². The fourth-order valence-electron chi connectivity index (χ4n) is 3.32. The van der Waals surface area contributed by atoms with Crippen LogP contribution >= 0.6 is 15.9 Å².